The minimum absolute atomic E-state index is 0.443. The van der Waals surface area contributed by atoms with Crippen LogP contribution in [0, 0.1) is 5.92 Å². The third-order valence-corrected chi connectivity index (χ3v) is 3.18. The molecular formula is C14H18N2O2. The number of rotatable bonds is 4. The maximum Gasteiger partial charge on any atom is 0.296 e. The van der Waals surface area contributed by atoms with Gasteiger partial charge >= 0.3 is 0 Å². The highest BCUT2D eigenvalue weighted by Gasteiger charge is 2.27. The van der Waals surface area contributed by atoms with E-state index in [-0.39, 0.29) is 0 Å². The molecule has 0 aromatic heterocycles. The summed E-state index contributed by atoms with van der Waals surface area (Å²) in [5, 5.41) is 2.59. The molecule has 0 unspecified atom stereocenters. The highest BCUT2D eigenvalue weighted by molar-refractivity contribution is 6.51. The molecule has 1 heterocycles. The quantitative estimate of drug-likeness (QED) is 0.829. The zero-order valence-corrected chi connectivity index (χ0v) is 11.0. The van der Waals surface area contributed by atoms with Crippen LogP contribution in [0.4, 0.5) is 11.4 Å². The Morgan fingerprint density at radius 1 is 1.28 bits per heavy atom. The molecule has 96 valence electrons. The Hall–Kier alpha value is -1.84. The molecule has 0 saturated carbocycles. The summed E-state index contributed by atoms with van der Waals surface area (Å²) in [5.74, 6) is -0.323. The molecule has 4 nitrogen and oxygen atoms in total. The number of fused-ring (bicyclic) bond motifs is 1. The lowest BCUT2D eigenvalue weighted by Crippen LogP contribution is -2.19. The molecule has 1 aliphatic rings. The predicted octanol–water partition coefficient (Wildman–Crippen LogP) is 2.30. The molecule has 4 heteroatoms. The van der Waals surface area contributed by atoms with Gasteiger partial charge in [0.05, 0.1) is 11.3 Å². The molecular weight excluding hydrogens is 228 g/mol. The Balaban J connectivity index is 2.15. The molecule has 0 spiro atoms. The van der Waals surface area contributed by atoms with Crippen LogP contribution in [0.2, 0.25) is 0 Å². The Morgan fingerprint density at radius 3 is 2.67 bits per heavy atom. The standard InChI is InChI=1S/C14H18N2O2/c1-9(2)6-7-16(3)10-4-5-11-12(8-10)15-14(18)13(11)17/h4-5,8-9H,6-7H2,1-3H3,(H,15,17,18). The van der Waals surface area contributed by atoms with Crippen LogP contribution >= 0.6 is 0 Å². The fourth-order valence-electron chi connectivity index (χ4n) is 1.95. The van der Waals surface area contributed by atoms with Crippen molar-refractivity contribution in [1.82, 2.24) is 0 Å². The van der Waals surface area contributed by atoms with Gasteiger partial charge in [0.2, 0.25) is 0 Å². The summed E-state index contributed by atoms with van der Waals surface area (Å²) in [4.78, 5) is 24.9. The minimum atomic E-state index is -0.535. The van der Waals surface area contributed by atoms with Gasteiger partial charge in [-0.05, 0) is 30.5 Å². The molecule has 18 heavy (non-hydrogen) atoms. The average Bonchev–Trinajstić information content (AvgIpc) is 2.61. The molecule has 0 saturated heterocycles. The monoisotopic (exact) mass is 246 g/mol. The van der Waals surface area contributed by atoms with E-state index in [0.29, 0.717) is 17.2 Å². The van der Waals surface area contributed by atoms with E-state index in [1.807, 2.05) is 19.2 Å². The van der Waals surface area contributed by atoms with Crippen molar-refractivity contribution in [2.75, 3.05) is 23.8 Å². The van der Waals surface area contributed by atoms with Gasteiger partial charge in [0, 0.05) is 19.3 Å². The number of ketones is 1. The molecule has 2 rings (SSSR count). The molecule has 0 fully saturated rings. The molecule has 0 radical (unpaired) electrons. The highest BCUT2D eigenvalue weighted by atomic mass is 16.2. The Bertz CT molecular complexity index is 495. The van der Waals surface area contributed by atoms with Crippen LogP contribution in [0.1, 0.15) is 30.6 Å². The molecule has 0 bridgehead atoms. The first-order valence-electron chi connectivity index (χ1n) is 6.20. The lowest BCUT2D eigenvalue weighted by Gasteiger charge is -2.20. The number of anilines is 2. The van der Waals surface area contributed by atoms with E-state index < -0.39 is 11.7 Å². The Kier molecular flexibility index (Phi) is 3.36. The molecule has 1 aromatic rings. The second kappa shape index (κ2) is 4.80. The number of nitrogens with one attached hydrogen (secondary N) is 1. The number of benzene rings is 1. The van der Waals surface area contributed by atoms with E-state index in [1.165, 1.54) is 0 Å². The normalized spacial score (nSPS) is 13.8. The van der Waals surface area contributed by atoms with Gasteiger partial charge in [0.15, 0.2) is 0 Å². The second-order valence-electron chi connectivity index (χ2n) is 5.12. The van der Waals surface area contributed by atoms with Gasteiger partial charge in [0.25, 0.3) is 11.7 Å². The maximum absolute atomic E-state index is 11.5. The first kappa shape index (κ1) is 12.6. The van der Waals surface area contributed by atoms with Crippen molar-refractivity contribution >= 4 is 23.1 Å². The van der Waals surface area contributed by atoms with Gasteiger partial charge in [0.1, 0.15) is 0 Å². The first-order valence-corrected chi connectivity index (χ1v) is 6.20. The zero-order valence-electron chi connectivity index (χ0n) is 11.0. The smallest absolute Gasteiger partial charge is 0.296 e. The molecule has 1 aromatic carbocycles. The molecule has 1 amide bonds. The lowest BCUT2D eigenvalue weighted by molar-refractivity contribution is -0.112. The van der Waals surface area contributed by atoms with Crippen LogP contribution in [0.3, 0.4) is 0 Å². The summed E-state index contributed by atoms with van der Waals surface area (Å²) in [6.07, 6.45) is 1.11. The second-order valence-corrected chi connectivity index (χ2v) is 5.12. The van der Waals surface area contributed by atoms with Crippen molar-refractivity contribution < 1.29 is 9.59 Å². The van der Waals surface area contributed by atoms with Crippen molar-refractivity contribution in [3.8, 4) is 0 Å². The summed E-state index contributed by atoms with van der Waals surface area (Å²) in [6, 6.07) is 5.46. The zero-order chi connectivity index (χ0) is 13.3. The van der Waals surface area contributed by atoms with Crippen LogP contribution in [-0.2, 0) is 4.79 Å². The summed E-state index contributed by atoms with van der Waals surface area (Å²) in [7, 11) is 2.02. The van der Waals surface area contributed by atoms with E-state index >= 15 is 0 Å². The van der Waals surface area contributed by atoms with Gasteiger partial charge in [-0.15, -0.1) is 0 Å². The summed E-state index contributed by atoms with van der Waals surface area (Å²) in [6.45, 7) is 5.34. The summed E-state index contributed by atoms with van der Waals surface area (Å²) < 4.78 is 0. The third kappa shape index (κ3) is 2.37. The molecule has 1 aliphatic heterocycles. The number of carbonyl (C=O) groups excluding carboxylic acids is 2. The van der Waals surface area contributed by atoms with Crippen LogP contribution < -0.4 is 10.2 Å². The number of amides is 1. The SMILES string of the molecule is CC(C)CCN(C)c1ccc2c(c1)NC(=O)C2=O. The van der Waals surface area contributed by atoms with Crippen molar-refractivity contribution in [3.63, 3.8) is 0 Å². The van der Waals surface area contributed by atoms with Gasteiger partial charge in [-0.25, -0.2) is 0 Å². The van der Waals surface area contributed by atoms with Crippen molar-refractivity contribution in [2.24, 2.45) is 5.92 Å². The van der Waals surface area contributed by atoms with Gasteiger partial charge in [-0.2, -0.15) is 0 Å². The molecule has 0 atom stereocenters. The lowest BCUT2D eigenvalue weighted by atomic mass is 10.1. The number of hydrogen-bond acceptors (Lipinski definition) is 3. The fraction of sp³-hybridized carbons (Fsp3) is 0.429. The highest BCUT2D eigenvalue weighted by Crippen LogP contribution is 2.28. The van der Waals surface area contributed by atoms with Crippen LogP contribution in [0.25, 0.3) is 0 Å². The molecule has 1 N–H and O–H groups in total. The van der Waals surface area contributed by atoms with Crippen LogP contribution in [0.15, 0.2) is 18.2 Å². The van der Waals surface area contributed by atoms with Crippen LogP contribution in [-0.4, -0.2) is 25.3 Å². The van der Waals surface area contributed by atoms with E-state index in [1.54, 1.807) is 6.07 Å². The van der Waals surface area contributed by atoms with Crippen molar-refractivity contribution in [1.29, 1.82) is 0 Å². The minimum Gasteiger partial charge on any atom is -0.375 e. The van der Waals surface area contributed by atoms with Gasteiger partial charge in [-0.3, -0.25) is 9.59 Å². The Labute approximate surface area is 107 Å². The van der Waals surface area contributed by atoms with E-state index in [2.05, 4.69) is 24.1 Å². The summed E-state index contributed by atoms with van der Waals surface area (Å²) in [5.41, 5.74) is 2.12. The van der Waals surface area contributed by atoms with Gasteiger partial charge in [-0.1, -0.05) is 13.8 Å². The van der Waals surface area contributed by atoms with E-state index in [9.17, 15) is 9.59 Å². The number of nitrogens with zero attached hydrogens (tertiary/aromatic N) is 1. The number of Topliss-reactive ketones (excluding diaryl/α,β-unsaturated/α-hetero) is 1. The average molecular weight is 246 g/mol. The summed E-state index contributed by atoms with van der Waals surface area (Å²) >= 11 is 0. The molecule has 0 aliphatic carbocycles. The van der Waals surface area contributed by atoms with E-state index in [0.717, 1.165) is 18.7 Å². The van der Waals surface area contributed by atoms with E-state index in [4.69, 9.17) is 0 Å². The third-order valence-electron chi connectivity index (χ3n) is 3.18. The first-order chi connectivity index (χ1) is 8.49. The van der Waals surface area contributed by atoms with Gasteiger partial charge < -0.3 is 10.2 Å². The number of hydrogen-bond donors (Lipinski definition) is 1. The topological polar surface area (TPSA) is 49.4 Å². The largest absolute Gasteiger partial charge is 0.375 e. The maximum atomic E-state index is 11.5. The van der Waals surface area contributed by atoms with Crippen molar-refractivity contribution in [2.45, 2.75) is 20.3 Å². The van der Waals surface area contributed by atoms with Crippen LogP contribution in [0.5, 0.6) is 0 Å². The van der Waals surface area contributed by atoms with Crippen molar-refractivity contribution in [3.05, 3.63) is 23.8 Å². The Morgan fingerprint density at radius 2 is 2.00 bits per heavy atom. The predicted molar refractivity (Wildman–Crippen MR) is 72.1 cm³/mol. The number of carbonyl (C=O) groups is 2. The fourth-order valence-corrected chi connectivity index (χ4v) is 1.95.